The normalized spacial score (nSPS) is 16.9. The summed E-state index contributed by atoms with van der Waals surface area (Å²) in [5.41, 5.74) is 3.34. The van der Waals surface area contributed by atoms with Gasteiger partial charge in [0.15, 0.2) is 11.5 Å². The first kappa shape index (κ1) is 16.2. The fourth-order valence-electron chi connectivity index (χ4n) is 4.30. The third-order valence-corrected chi connectivity index (χ3v) is 5.77. The zero-order chi connectivity index (χ0) is 18.4. The van der Waals surface area contributed by atoms with Gasteiger partial charge in [0.1, 0.15) is 0 Å². The molecule has 0 spiro atoms. The standard InChI is InChI=1S/C22H22N2O3/c1-23-13-18(17-4-2-3-5-19(17)23)15-8-10-24(11-9-15)22(25)16-6-7-20-21(12-16)27-14-26-20/h2-7,12-13,15H,8-11,14H2,1H3. The smallest absolute Gasteiger partial charge is 0.253 e. The Morgan fingerprint density at radius 3 is 2.67 bits per heavy atom. The van der Waals surface area contributed by atoms with Gasteiger partial charge in [-0.1, -0.05) is 18.2 Å². The predicted octanol–water partition coefficient (Wildman–Crippen LogP) is 3.93. The molecule has 5 heteroatoms. The van der Waals surface area contributed by atoms with Gasteiger partial charge < -0.3 is 18.9 Å². The first-order chi connectivity index (χ1) is 13.2. The zero-order valence-electron chi connectivity index (χ0n) is 15.4. The summed E-state index contributed by atoms with van der Waals surface area (Å²) in [7, 11) is 2.10. The van der Waals surface area contributed by atoms with Crippen molar-refractivity contribution < 1.29 is 14.3 Å². The van der Waals surface area contributed by atoms with E-state index in [1.165, 1.54) is 16.5 Å². The maximum Gasteiger partial charge on any atom is 0.253 e. The van der Waals surface area contributed by atoms with Gasteiger partial charge in [0.25, 0.3) is 5.91 Å². The lowest BCUT2D eigenvalue weighted by Crippen LogP contribution is -2.37. The molecule has 3 heterocycles. The number of rotatable bonds is 2. The molecule has 5 nitrogen and oxygen atoms in total. The van der Waals surface area contributed by atoms with Gasteiger partial charge in [-0.15, -0.1) is 0 Å². The molecule has 1 aromatic heterocycles. The quantitative estimate of drug-likeness (QED) is 0.694. The lowest BCUT2D eigenvalue weighted by molar-refractivity contribution is 0.0713. The number of hydrogen-bond acceptors (Lipinski definition) is 3. The van der Waals surface area contributed by atoms with Crippen LogP contribution in [-0.2, 0) is 7.05 Å². The topological polar surface area (TPSA) is 43.7 Å². The van der Waals surface area contributed by atoms with E-state index < -0.39 is 0 Å². The van der Waals surface area contributed by atoms with E-state index in [9.17, 15) is 4.79 Å². The van der Waals surface area contributed by atoms with Crippen LogP contribution in [-0.4, -0.2) is 35.3 Å². The highest BCUT2D eigenvalue weighted by Gasteiger charge is 2.27. The van der Waals surface area contributed by atoms with Crippen molar-refractivity contribution in [3.05, 3.63) is 59.8 Å². The third kappa shape index (κ3) is 2.74. The molecule has 0 aliphatic carbocycles. The van der Waals surface area contributed by atoms with Gasteiger partial charge in [-0.2, -0.15) is 0 Å². The van der Waals surface area contributed by atoms with E-state index in [4.69, 9.17) is 9.47 Å². The van der Waals surface area contributed by atoms with E-state index in [1.54, 1.807) is 6.07 Å². The summed E-state index contributed by atoms with van der Waals surface area (Å²) < 4.78 is 12.9. The first-order valence-corrected chi connectivity index (χ1v) is 9.43. The van der Waals surface area contributed by atoms with E-state index in [0.29, 0.717) is 23.0 Å². The monoisotopic (exact) mass is 362 g/mol. The molecule has 0 bridgehead atoms. The summed E-state index contributed by atoms with van der Waals surface area (Å²) in [5.74, 6) is 1.94. The number of aromatic nitrogens is 1. The van der Waals surface area contributed by atoms with Crippen molar-refractivity contribution in [2.24, 2.45) is 7.05 Å². The number of piperidine rings is 1. The van der Waals surface area contributed by atoms with Crippen molar-refractivity contribution in [1.29, 1.82) is 0 Å². The summed E-state index contributed by atoms with van der Waals surface area (Å²) >= 11 is 0. The molecule has 2 aliphatic heterocycles. The van der Waals surface area contributed by atoms with E-state index >= 15 is 0 Å². The maximum atomic E-state index is 12.9. The molecule has 27 heavy (non-hydrogen) atoms. The SMILES string of the molecule is Cn1cc(C2CCN(C(=O)c3ccc4c(c3)OCO4)CC2)c2ccccc21. The third-order valence-electron chi connectivity index (χ3n) is 5.77. The Labute approximate surface area is 158 Å². The Balaban J connectivity index is 1.32. The fraction of sp³-hybridized carbons (Fsp3) is 0.318. The van der Waals surface area contributed by atoms with Crippen molar-refractivity contribution in [2.75, 3.05) is 19.9 Å². The maximum absolute atomic E-state index is 12.9. The fourth-order valence-corrected chi connectivity index (χ4v) is 4.30. The van der Waals surface area contributed by atoms with Crippen LogP contribution < -0.4 is 9.47 Å². The van der Waals surface area contributed by atoms with Crippen LogP contribution in [0.5, 0.6) is 11.5 Å². The van der Waals surface area contributed by atoms with Gasteiger partial charge in [0.2, 0.25) is 6.79 Å². The van der Waals surface area contributed by atoms with Crippen molar-refractivity contribution >= 4 is 16.8 Å². The van der Waals surface area contributed by atoms with E-state index in [1.807, 2.05) is 17.0 Å². The average Bonchev–Trinajstić information content (AvgIpc) is 3.32. The van der Waals surface area contributed by atoms with Crippen LogP contribution in [0.1, 0.15) is 34.7 Å². The van der Waals surface area contributed by atoms with E-state index in [2.05, 4.69) is 42.1 Å². The van der Waals surface area contributed by atoms with E-state index in [-0.39, 0.29) is 12.7 Å². The molecule has 3 aromatic rings. The summed E-state index contributed by atoms with van der Waals surface area (Å²) in [5, 5.41) is 1.33. The number of amides is 1. The van der Waals surface area contributed by atoms with Crippen LogP contribution in [0, 0.1) is 0 Å². The second-order valence-electron chi connectivity index (χ2n) is 7.35. The number of fused-ring (bicyclic) bond motifs is 2. The van der Waals surface area contributed by atoms with Crippen molar-refractivity contribution in [3.63, 3.8) is 0 Å². The minimum Gasteiger partial charge on any atom is -0.454 e. The first-order valence-electron chi connectivity index (χ1n) is 9.43. The molecule has 1 fully saturated rings. The van der Waals surface area contributed by atoms with Crippen LogP contribution in [0.3, 0.4) is 0 Å². The Morgan fingerprint density at radius 2 is 1.81 bits per heavy atom. The molecule has 0 radical (unpaired) electrons. The molecule has 138 valence electrons. The Hall–Kier alpha value is -2.95. The lowest BCUT2D eigenvalue weighted by atomic mass is 9.89. The van der Waals surface area contributed by atoms with Crippen molar-refractivity contribution in [2.45, 2.75) is 18.8 Å². The Morgan fingerprint density at radius 1 is 1.04 bits per heavy atom. The predicted molar refractivity (Wildman–Crippen MR) is 103 cm³/mol. The second-order valence-corrected chi connectivity index (χ2v) is 7.35. The van der Waals surface area contributed by atoms with Crippen LogP contribution in [0.15, 0.2) is 48.7 Å². The van der Waals surface area contributed by atoms with E-state index in [0.717, 1.165) is 25.9 Å². The van der Waals surface area contributed by atoms with Gasteiger partial charge in [-0.3, -0.25) is 4.79 Å². The molecule has 0 unspecified atom stereocenters. The zero-order valence-corrected chi connectivity index (χ0v) is 15.4. The van der Waals surface area contributed by atoms with Crippen molar-refractivity contribution in [1.82, 2.24) is 9.47 Å². The van der Waals surface area contributed by atoms with Crippen LogP contribution >= 0.6 is 0 Å². The molecule has 0 atom stereocenters. The highest BCUT2D eigenvalue weighted by atomic mass is 16.7. The van der Waals surface area contributed by atoms with Crippen LogP contribution in [0.2, 0.25) is 0 Å². The number of carbonyl (C=O) groups is 1. The number of ether oxygens (including phenoxy) is 2. The molecule has 5 rings (SSSR count). The molecular formula is C22H22N2O3. The van der Waals surface area contributed by atoms with Gasteiger partial charge in [0.05, 0.1) is 0 Å². The number of likely N-dealkylation sites (tertiary alicyclic amines) is 1. The number of carbonyl (C=O) groups excluding carboxylic acids is 1. The summed E-state index contributed by atoms with van der Waals surface area (Å²) in [6, 6.07) is 14.0. The average molecular weight is 362 g/mol. The molecular weight excluding hydrogens is 340 g/mol. The number of aryl methyl sites for hydroxylation is 1. The molecule has 1 saturated heterocycles. The minimum absolute atomic E-state index is 0.0738. The number of hydrogen-bond donors (Lipinski definition) is 0. The van der Waals surface area contributed by atoms with Gasteiger partial charge >= 0.3 is 0 Å². The van der Waals surface area contributed by atoms with Gasteiger partial charge in [-0.25, -0.2) is 0 Å². The largest absolute Gasteiger partial charge is 0.454 e. The molecule has 2 aliphatic rings. The number of nitrogens with zero attached hydrogens (tertiary/aromatic N) is 2. The summed E-state index contributed by atoms with van der Waals surface area (Å²) in [6.45, 7) is 1.78. The van der Waals surface area contributed by atoms with Crippen molar-refractivity contribution in [3.8, 4) is 11.5 Å². The Bertz CT molecular complexity index is 1020. The number of para-hydroxylation sites is 1. The molecule has 2 aromatic carbocycles. The van der Waals surface area contributed by atoms with Crippen LogP contribution in [0.25, 0.3) is 10.9 Å². The molecule has 0 N–H and O–H groups in total. The lowest BCUT2D eigenvalue weighted by Gasteiger charge is -2.32. The molecule has 0 saturated carbocycles. The Kier molecular flexibility index (Phi) is 3.81. The number of benzene rings is 2. The summed E-state index contributed by atoms with van der Waals surface area (Å²) in [4.78, 5) is 14.8. The minimum atomic E-state index is 0.0738. The summed E-state index contributed by atoms with van der Waals surface area (Å²) in [6.07, 6.45) is 4.24. The highest BCUT2D eigenvalue weighted by Crippen LogP contribution is 2.36. The van der Waals surface area contributed by atoms with Gasteiger partial charge in [-0.05, 0) is 48.6 Å². The van der Waals surface area contributed by atoms with Crippen LogP contribution in [0.4, 0.5) is 0 Å². The van der Waals surface area contributed by atoms with Gasteiger partial charge in [0, 0.05) is 42.8 Å². The second kappa shape index (κ2) is 6.34. The molecule has 1 amide bonds. The highest BCUT2D eigenvalue weighted by molar-refractivity contribution is 5.95.